The first-order valence-corrected chi connectivity index (χ1v) is 24.6. The number of nitrogens with one attached hydrogen (secondary N) is 1. The minimum absolute atomic E-state index is 0.00453. The van der Waals surface area contributed by atoms with Gasteiger partial charge in [-0.3, -0.25) is 19.6 Å². The third-order valence-corrected chi connectivity index (χ3v) is 14.4. The van der Waals surface area contributed by atoms with Gasteiger partial charge in [0, 0.05) is 41.7 Å². The molecule has 11 unspecified atom stereocenters. The minimum atomic E-state index is -1.72. The highest BCUT2D eigenvalue weighted by atomic mass is 16.7. The molecule has 0 bridgehead atoms. The molecule has 2 saturated carbocycles. The van der Waals surface area contributed by atoms with Crippen molar-refractivity contribution in [2.75, 3.05) is 6.61 Å². The Morgan fingerprint density at radius 3 is 2.38 bits per heavy atom. The molecule has 2 aliphatic carbocycles. The Hall–Kier alpha value is -5.47. The molecular formula is C49H64N6O17. The van der Waals surface area contributed by atoms with E-state index in [0.717, 1.165) is 43.0 Å². The summed E-state index contributed by atoms with van der Waals surface area (Å²) >= 11 is 0. The molecule has 4 aromatic rings. The Labute approximate surface area is 414 Å². The molecule has 0 radical (unpaired) electrons. The number of rotatable bonds is 19. The standard InChI is InChI=1S/C49H64N6O17/c1-26-19-31(45(61)50-23-32-24-54(52-51-32)18-17-53-16-15-30-21-33(55(65)66)13-14-34(30)53)22-35(42(26)72-48-41(60)40(59)38(57)27(2)67-48)69-49-44(71-47(64)29-11-7-4-8-12-29)43(39(58)37(25-56)70-49)68-36(46(62)63)20-28-9-5-3-6-10-28/h4,7-8,11-16,21,24,26-28,31,35-44,48-49,56-60H,3,5-6,9-10,17-20,22-23,25H2,1-2H3,(H,50,61)(H,62,63)/t26?,27?,31?,35-,36+,37?,38-,39?,40?,41?,42?,43?,44?,48?,49-/m1/s1. The topological polar surface area (TPSA) is 319 Å². The van der Waals surface area contributed by atoms with Crippen molar-refractivity contribution in [3.63, 3.8) is 0 Å². The fourth-order valence-corrected chi connectivity index (χ4v) is 10.4. The Kier molecular flexibility index (Phi) is 17.3. The number of aliphatic carboxylic acids is 1. The zero-order chi connectivity index (χ0) is 51.2. The Morgan fingerprint density at radius 2 is 1.65 bits per heavy atom. The van der Waals surface area contributed by atoms with Gasteiger partial charge >= 0.3 is 11.9 Å². The van der Waals surface area contributed by atoms with Crippen molar-refractivity contribution in [1.29, 1.82) is 0 Å². The molecule has 2 aliphatic heterocycles. The summed E-state index contributed by atoms with van der Waals surface area (Å²) in [7, 11) is 0. The second-order valence-corrected chi connectivity index (χ2v) is 19.4. The van der Waals surface area contributed by atoms with Crippen LogP contribution >= 0.6 is 0 Å². The van der Waals surface area contributed by atoms with Gasteiger partial charge in [-0.2, -0.15) is 0 Å². The van der Waals surface area contributed by atoms with Crippen LogP contribution in [0.4, 0.5) is 5.69 Å². The number of non-ortho nitro benzene ring substituents is 1. The molecule has 0 spiro atoms. The van der Waals surface area contributed by atoms with Gasteiger partial charge in [-0.25, -0.2) is 9.59 Å². The number of hydrogen-bond donors (Lipinski definition) is 7. The highest BCUT2D eigenvalue weighted by Crippen LogP contribution is 2.39. The lowest BCUT2D eigenvalue weighted by Gasteiger charge is -2.48. The van der Waals surface area contributed by atoms with Gasteiger partial charge in [-0.1, -0.05) is 62.4 Å². The van der Waals surface area contributed by atoms with E-state index in [4.69, 9.17) is 28.4 Å². The van der Waals surface area contributed by atoms with Crippen LogP contribution in [0.2, 0.25) is 0 Å². The smallest absolute Gasteiger partial charge is 0.338 e. The van der Waals surface area contributed by atoms with Crippen molar-refractivity contribution in [3.8, 4) is 0 Å². The second kappa shape index (κ2) is 23.6. The average molecular weight is 1010 g/mol. The summed E-state index contributed by atoms with van der Waals surface area (Å²) in [5.41, 5.74) is 1.37. The summed E-state index contributed by atoms with van der Waals surface area (Å²) in [4.78, 5) is 51.6. The molecule has 4 heterocycles. The molecule has 8 rings (SSSR count). The summed E-state index contributed by atoms with van der Waals surface area (Å²) in [6, 6.07) is 14.3. The van der Waals surface area contributed by atoms with E-state index in [1.54, 1.807) is 48.1 Å². The van der Waals surface area contributed by atoms with Crippen molar-refractivity contribution in [2.45, 2.75) is 165 Å². The van der Waals surface area contributed by atoms with E-state index < -0.39 is 121 Å². The molecule has 23 heteroatoms. The number of aliphatic hydroxyl groups excluding tert-OH is 5. The highest BCUT2D eigenvalue weighted by Gasteiger charge is 2.54. The fourth-order valence-electron chi connectivity index (χ4n) is 10.4. The van der Waals surface area contributed by atoms with E-state index in [0.29, 0.717) is 18.8 Å². The third kappa shape index (κ3) is 12.3. The van der Waals surface area contributed by atoms with Gasteiger partial charge in [0.2, 0.25) is 5.91 Å². The number of esters is 1. The molecule has 7 N–H and O–H groups in total. The number of nitrogens with zero attached hydrogens (tertiary/aromatic N) is 5. The zero-order valence-electron chi connectivity index (χ0n) is 40.0. The SMILES string of the molecule is CC1CC(C(=O)NCc2cn(CCn3ccc4cc([N+](=O)[O-])ccc43)nn2)C[C@@H](O[C@@H]2OC(CO)C(O)C(O[C@@H](CC3CCCCC3)C(=O)O)C2OC(=O)c2ccccc2)C1OC1OC(C)[C@@H](O)C(O)C1O. The number of ether oxygens (including phenoxy) is 6. The predicted molar refractivity (Wildman–Crippen MR) is 249 cm³/mol. The van der Waals surface area contributed by atoms with E-state index in [-0.39, 0.29) is 43.0 Å². The number of aromatic nitrogens is 4. The number of carbonyl (C=O) groups excluding carboxylic acids is 2. The zero-order valence-corrected chi connectivity index (χ0v) is 40.0. The van der Waals surface area contributed by atoms with Crippen LogP contribution < -0.4 is 5.32 Å². The summed E-state index contributed by atoms with van der Waals surface area (Å²) < 4.78 is 40.9. The Balaban J connectivity index is 1.02. The molecule has 4 aliphatic rings. The first kappa shape index (κ1) is 52.8. The molecule has 72 heavy (non-hydrogen) atoms. The lowest BCUT2D eigenvalue weighted by Crippen LogP contribution is -2.64. The number of fused-ring (bicyclic) bond motifs is 1. The Bertz CT molecular complexity index is 2470. The minimum Gasteiger partial charge on any atom is -0.479 e. The van der Waals surface area contributed by atoms with Gasteiger partial charge in [0.25, 0.3) is 5.69 Å². The van der Waals surface area contributed by atoms with Crippen molar-refractivity contribution < 1.29 is 78.4 Å². The van der Waals surface area contributed by atoms with Gasteiger partial charge in [0.1, 0.15) is 42.3 Å². The molecule has 392 valence electrons. The van der Waals surface area contributed by atoms with Crippen LogP contribution in [0.3, 0.4) is 0 Å². The van der Waals surface area contributed by atoms with Crippen LogP contribution in [0.15, 0.2) is 67.0 Å². The predicted octanol–water partition coefficient (Wildman–Crippen LogP) is 2.21. The van der Waals surface area contributed by atoms with Crippen LogP contribution in [0.25, 0.3) is 10.9 Å². The van der Waals surface area contributed by atoms with Crippen LogP contribution in [0, 0.1) is 27.9 Å². The molecule has 15 atom stereocenters. The van der Waals surface area contributed by atoms with Gasteiger partial charge in [0.05, 0.1) is 54.7 Å². The second-order valence-electron chi connectivity index (χ2n) is 19.4. The van der Waals surface area contributed by atoms with Gasteiger partial charge < -0.3 is 68.9 Å². The van der Waals surface area contributed by atoms with E-state index in [2.05, 4.69) is 15.6 Å². The molecular weight excluding hydrogens is 945 g/mol. The van der Waals surface area contributed by atoms with Crippen molar-refractivity contribution in [3.05, 3.63) is 88.4 Å². The maximum Gasteiger partial charge on any atom is 0.338 e. The lowest BCUT2D eigenvalue weighted by atomic mass is 9.77. The van der Waals surface area contributed by atoms with Crippen LogP contribution in [-0.4, -0.2) is 159 Å². The molecule has 2 saturated heterocycles. The largest absolute Gasteiger partial charge is 0.479 e. The summed E-state index contributed by atoms with van der Waals surface area (Å²) in [5.74, 6) is -3.89. The van der Waals surface area contributed by atoms with E-state index in [1.165, 1.54) is 31.2 Å². The molecule has 23 nitrogen and oxygen atoms in total. The quantitative estimate of drug-likeness (QED) is 0.0402. The maximum atomic E-state index is 14.1. The molecule has 2 aromatic heterocycles. The maximum absolute atomic E-state index is 14.1. The number of aliphatic hydroxyl groups is 5. The molecule has 1 amide bonds. The first-order chi connectivity index (χ1) is 34.6. The van der Waals surface area contributed by atoms with Gasteiger partial charge in [-0.15, -0.1) is 5.10 Å². The Morgan fingerprint density at radius 1 is 0.889 bits per heavy atom. The van der Waals surface area contributed by atoms with Crippen molar-refractivity contribution in [1.82, 2.24) is 24.9 Å². The van der Waals surface area contributed by atoms with Crippen LogP contribution in [0.5, 0.6) is 0 Å². The van der Waals surface area contributed by atoms with E-state index in [9.17, 15) is 55.1 Å². The van der Waals surface area contributed by atoms with Crippen molar-refractivity contribution >= 4 is 34.4 Å². The van der Waals surface area contributed by atoms with Gasteiger partial charge in [0.15, 0.2) is 24.8 Å². The summed E-state index contributed by atoms with van der Waals surface area (Å²) in [5, 5.41) is 88.2. The normalized spacial score (nSPS) is 31.7. The number of aryl methyl sites for hydroxylation is 2. The van der Waals surface area contributed by atoms with E-state index >= 15 is 0 Å². The number of carbonyl (C=O) groups is 3. The van der Waals surface area contributed by atoms with E-state index in [1.807, 2.05) is 10.8 Å². The summed E-state index contributed by atoms with van der Waals surface area (Å²) in [6.07, 6.45) is -10.8. The van der Waals surface area contributed by atoms with Crippen LogP contribution in [0.1, 0.15) is 81.3 Å². The van der Waals surface area contributed by atoms with Crippen molar-refractivity contribution in [2.24, 2.45) is 17.8 Å². The monoisotopic (exact) mass is 1010 g/mol. The number of carboxylic acids is 1. The highest BCUT2D eigenvalue weighted by molar-refractivity contribution is 5.89. The fraction of sp³-hybridized carbons (Fsp3) is 0.612. The number of nitro groups is 1. The number of nitro benzene ring substituents is 1. The van der Waals surface area contributed by atoms with Gasteiger partial charge in [-0.05, 0) is 62.3 Å². The first-order valence-electron chi connectivity index (χ1n) is 24.6. The number of hydrogen-bond acceptors (Lipinski definition) is 18. The number of amides is 1. The summed E-state index contributed by atoms with van der Waals surface area (Å²) in [6.45, 7) is 3.36. The third-order valence-electron chi connectivity index (χ3n) is 14.4. The average Bonchev–Trinajstić information content (AvgIpc) is 4.02. The number of carboxylic acid groups (broad SMARTS) is 1. The molecule has 2 aromatic carbocycles. The lowest BCUT2D eigenvalue weighted by molar-refractivity contribution is -0.384. The van der Waals surface area contributed by atoms with Crippen LogP contribution in [-0.2, 0) is 57.6 Å². The molecule has 4 fully saturated rings. The number of benzene rings is 2.